The van der Waals surface area contributed by atoms with Gasteiger partial charge in [-0.25, -0.2) is 4.39 Å². The minimum Gasteiger partial charge on any atom is -0.388 e. The average molecular weight is 268 g/mol. The molecule has 106 valence electrons. The largest absolute Gasteiger partial charge is 0.388 e. The molecule has 1 N–H and O–H groups in total. The highest BCUT2D eigenvalue weighted by Crippen LogP contribution is 2.27. The third kappa shape index (κ3) is 4.27. The number of benzene rings is 1. The first-order valence-electron chi connectivity index (χ1n) is 6.63. The summed E-state index contributed by atoms with van der Waals surface area (Å²) in [6, 6.07) is 5.92. The van der Waals surface area contributed by atoms with Gasteiger partial charge >= 0.3 is 0 Å². The molecule has 1 heterocycles. The van der Waals surface area contributed by atoms with E-state index in [9.17, 15) is 9.50 Å². The van der Waals surface area contributed by atoms with Gasteiger partial charge in [-0.2, -0.15) is 0 Å². The molecule has 1 aliphatic rings. The molecular formula is C15H21FO3. The Bertz CT molecular complexity index is 392. The summed E-state index contributed by atoms with van der Waals surface area (Å²) < 4.78 is 24.0. The quantitative estimate of drug-likeness (QED) is 0.912. The lowest BCUT2D eigenvalue weighted by atomic mass is 9.95. The predicted octanol–water partition coefficient (Wildman–Crippen LogP) is 3.04. The van der Waals surface area contributed by atoms with Crippen LogP contribution in [0.25, 0.3) is 0 Å². The predicted molar refractivity (Wildman–Crippen MR) is 70.1 cm³/mol. The molecule has 1 fully saturated rings. The van der Waals surface area contributed by atoms with Crippen molar-refractivity contribution in [3.8, 4) is 0 Å². The third-order valence-electron chi connectivity index (χ3n) is 3.25. The van der Waals surface area contributed by atoms with Crippen LogP contribution in [0.15, 0.2) is 24.3 Å². The smallest absolute Gasteiger partial charge is 0.157 e. The maximum atomic E-state index is 12.8. The van der Waals surface area contributed by atoms with E-state index < -0.39 is 6.10 Å². The number of aliphatic hydroxyl groups excluding tert-OH is 1. The zero-order valence-electron chi connectivity index (χ0n) is 11.4. The van der Waals surface area contributed by atoms with Crippen LogP contribution >= 0.6 is 0 Å². The molecule has 0 aliphatic carbocycles. The van der Waals surface area contributed by atoms with Gasteiger partial charge in [-0.15, -0.1) is 0 Å². The van der Waals surface area contributed by atoms with Crippen LogP contribution < -0.4 is 0 Å². The van der Waals surface area contributed by atoms with Gasteiger partial charge in [0.2, 0.25) is 0 Å². The van der Waals surface area contributed by atoms with Crippen molar-refractivity contribution in [3.05, 3.63) is 35.6 Å². The maximum absolute atomic E-state index is 12.8. The van der Waals surface area contributed by atoms with Gasteiger partial charge in [-0.3, -0.25) is 0 Å². The molecule has 4 heteroatoms. The summed E-state index contributed by atoms with van der Waals surface area (Å²) in [5.41, 5.74) is 0.782. The molecule has 19 heavy (non-hydrogen) atoms. The fraction of sp³-hybridized carbons (Fsp3) is 0.600. The zero-order chi connectivity index (χ0) is 13.9. The monoisotopic (exact) mass is 268 g/mol. The standard InChI is InChI=1S/C15H21FO3/c1-15(2)9-18-14(19-10-15)8-7-13(17)11-3-5-12(16)6-4-11/h3-6,13-14,17H,7-10H2,1-2H3/t13-/m0/s1. The summed E-state index contributed by atoms with van der Waals surface area (Å²) in [7, 11) is 0. The first-order valence-corrected chi connectivity index (χ1v) is 6.63. The minimum atomic E-state index is -0.609. The molecule has 1 atom stereocenters. The Balaban J connectivity index is 1.78. The van der Waals surface area contributed by atoms with E-state index in [1.54, 1.807) is 12.1 Å². The van der Waals surface area contributed by atoms with Crippen LogP contribution in [0.1, 0.15) is 38.4 Å². The molecule has 2 rings (SSSR count). The molecule has 0 aromatic heterocycles. The Morgan fingerprint density at radius 1 is 1.26 bits per heavy atom. The van der Waals surface area contributed by atoms with Crippen molar-refractivity contribution < 1.29 is 19.0 Å². The second-order valence-electron chi connectivity index (χ2n) is 5.86. The molecule has 1 saturated heterocycles. The topological polar surface area (TPSA) is 38.7 Å². The van der Waals surface area contributed by atoms with Crippen molar-refractivity contribution in [2.75, 3.05) is 13.2 Å². The van der Waals surface area contributed by atoms with Crippen molar-refractivity contribution >= 4 is 0 Å². The summed E-state index contributed by atoms with van der Waals surface area (Å²) in [6.07, 6.45) is 0.316. The number of halogens is 1. The van der Waals surface area contributed by atoms with Gasteiger partial charge in [0.25, 0.3) is 0 Å². The van der Waals surface area contributed by atoms with E-state index in [1.165, 1.54) is 12.1 Å². The number of aliphatic hydroxyl groups is 1. The van der Waals surface area contributed by atoms with E-state index in [2.05, 4.69) is 13.8 Å². The van der Waals surface area contributed by atoms with Crippen molar-refractivity contribution in [3.63, 3.8) is 0 Å². The van der Waals surface area contributed by atoms with E-state index in [4.69, 9.17) is 9.47 Å². The Morgan fingerprint density at radius 2 is 1.84 bits per heavy atom. The van der Waals surface area contributed by atoms with E-state index in [0.717, 1.165) is 5.56 Å². The zero-order valence-corrected chi connectivity index (χ0v) is 11.4. The first kappa shape index (κ1) is 14.4. The summed E-state index contributed by atoms with van der Waals surface area (Å²) in [6.45, 7) is 5.53. The SMILES string of the molecule is CC1(C)COC(CC[C@H](O)c2ccc(F)cc2)OC1. The average Bonchev–Trinajstić information content (AvgIpc) is 2.38. The van der Waals surface area contributed by atoms with Gasteiger partial charge in [0.1, 0.15) is 5.82 Å². The molecule has 0 spiro atoms. The van der Waals surface area contributed by atoms with Gasteiger partial charge < -0.3 is 14.6 Å². The van der Waals surface area contributed by atoms with Gasteiger partial charge in [-0.1, -0.05) is 26.0 Å². The van der Waals surface area contributed by atoms with Crippen LogP contribution in [-0.2, 0) is 9.47 Å². The fourth-order valence-electron chi connectivity index (χ4n) is 2.04. The Kier molecular flexibility index (Phi) is 4.55. The van der Waals surface area contributed by atoms with Gasteiger partial charge in [-0.05, 0) is 24.1 Å². The number of hydrogen-bond donors (Lipinski definition) is 1. The summed E-state index contributed by atoms with van der Waals surface area (Å²) in [5, 5.41) is 10.0. The van der Waals surface area contributed by atoms with Crippen LogP contribution in [0.5, 0.6) is 0 Å². The summed E-state index contributed by atoms with van der Waals surface area (Å²) in [4.78, 5) is 0. The van der Waals surface area contributed by atoms with Crippen LogP contribution in [-0.4, -0.2) is 24.6 Å². The molecule has 0 saturated carbocycles. The van der Waals surface area contributed by atoms with E-state index in [-0.39, 0.29) is 17.5 Å². The molecular weight excluding hydrogens is 247 g/mol. The van der Waals surface area contributed by atoms with Crippen LogP contribution in [0.4, 0.5) is 4.39 Å². The van der Waals surface area contributed by atoms with Crippen molar-refractivity contribution in [1.29, 1.82) is 0 Å². The molecule has 1 aromatic rings. The van der Waals surface area contributed by atoms with Crippen molar-refractivity contribution in [1.82, 2.24) is 0 Å². The molecule has 1 aliphatic heterocycles. The molecule has 1 aromatic carbocycles. The lowest BCUT2D eigenvalue weighted by Crippen LogP contribution is -2.37. The Hall–Kier alpha value is -0.970. The molecule has 3 nitrogen and oxygen atoms in total. The van der Waals surface area contributed by atoms with Crippen LogP contribution in [0.2, 0.25) is 0 Å². The lowest BCUT2D eigenvalue weighted by molar-refractivity contribution is -0.225. The molecule has 0 amide bonds. The summed E-state index contributed by atoms with van der Waals surface area (Å²) in [5.74, 6) is -0.294. The van der Waals surface area contributed by atoms with E-state index in [1.807, 2.05) is 0 Å². The van der Waals surface area contributed by atoms with Crippen molar-refractivity contribution in [2.45, 2.75) is 39.1 Å². The Morgan fingerprint density at radius 3 is 2.42 bits per heavy atom. The molecule has 0 bridgehead atoms. The van der Waals surface area contributed by atoms with Crippen molar-refractivity contribution in [2.24, 2.45) is 5.41 Å². The molecule has 0 radical (unpaired) electrons. The highest BCUT2D eigenvalue weighted by atomic mass is 19.1. The van der Waals surface area contributed by atoms with Gasteiger partial charge in [0, 0.05) is 11.8 Å². The maximum Gasteiger partial charge on any atom is 0.157 e. The fourth-order valence-corrected chi connectivity index (χ4v) is 2.04. The number of ether oxygens (including phenoxy) is 2. The lowest BCUT2D eigenvalue weighted by Gasteiger charge is -2.34. The highest BCUT2D eigenvalue weighted by Gasteiger charge is 2.28. The van der Waals surface area contributed by atoms with Gasteiger partial charge in [0.15, 0.2) is 6.29 Å². The van der Waals surface area contributed by atoms with Crippen LogP contribution in [0, 0.1) is 11.2 Å². The normalized spacial score (nSPS) is 21.3. The Labute approximate surface area is 113 Å². The van der Waals surface area contributed by atoms with Gasteiger partial charge in [0.05, 0.1) is 19.3 Å². The molecule has 0 unspecified atom stereocenters. The minimum absolute atomic E-state index is 0.0616. The number of rotatable bonds is 4. The first-order chi connectivity index (χ1) is 8.96. The second-order valence-corrected chi connectivity index (χ2v) is 5.86. The highest BCUT2D eigenvalue weighted by molar-refractivity contribution is 5.18. The van der Waals surface area contributed by atoms with E-state index >= 15 is 0 Å². The number of hydrogen-bond acceptors (Lipinski definition) is 3. The van der Waals surface area contributed by atoms with Crippen LogP contribution in [0.3, 0.4) is 0 Å². The second kappa shape index (κ2) is 5.99. The van der Waals surface area contributed by atoms with E-state index in [0.29, 0.717) is 26.1 Å². The third-order valence-corrected chi connectivity index (χ3v) is 3.25. The summed E-state index contributed by atoms with van der Waals surface area (Å²) >= 11 is 0.